The van der Waals surface area contributed by atoms with Gasteiger partial charge in [-0.05, 0) is 47.6 Å². The summed E-state index contributed by atoms with van der Waals surface area (Å²) < 4.78 is 0. The molecule has 2 aromatic carbocycles. The molecule has 0 amide bonds. The lowest BCUT2D eigenvalue weighted by Gasteiger charge is -2.05. The lowest BCUT2D eigenvalue weighted by Crippen LogP contribution is -1.87. The van der Waals surface area contributed by atoms with Crippen molar-refractivity contribution in [2.24, 2.45) is 0 Å². The van der Waals surface area contributed by atoms with Gasteiger partial charge in [-0.25, -0.2) is 0 Å². The first-order chi connectivity index (χ1) is 10.3. The van der Waals surface area contributed by atoms with Gasteiger partial charge in [0, 0.05) is 0 Å². The van der Waals surface area contributed by atoms with Gasteiger partial charge in [-0.3, -0.25) is 0 Å². The fourth-order valence-electron chi connectivity index (χ4n) is 2.49. The van der Waals surface area contributed by atoms with Crippen LogP contribution in [0.25, 0.3) is 18.2 Å². The van der Waals surface area contributed by atoms with Crippen LogP contribution in [0, 0.1) is 0 Å². The van der Waals surface area contributed by atoms with Gasteiger partial charge >= 0.3 is 0 Å². The van der Waals surface area contributed by atoms with Crippen LogP contribution in [0.4, 0.5) is 0 Å². The monoisotopic (exact) mass is 276 g/mol. The molecule has 0 aliphatic carbocycles. The summed E-state index contributed by atoms with van der Waals surface area (Å²) in [5.74, 6) is 0. The molecular weight excluding hydrogens is 252 g/mol. The Morgan fingerprint density at radius 2 is 1.62 bits per heavy atom. The van der Waals surface area contributed by atoms with Crippen molar-refractivity contribution in [2.75, 3.05) is 0 Å². The quantitative estimate of drug-likeness (QED) is 0.586. The zero-order valence-electron chi connectivity index (χ0n) is 13.3. The molecule has 0 saturated heterocycles. The van der Waals surface area contributed by atoms with E-state index in [4.69, 9.17) is 0 Å². The van der Waals surface area contributed by atoms with E-state index in [2.05, 4.69) is 87.5 Å². The first-order valence-corrected chi connectivity index (χ1v) is 7.79. The van der Waals surface area contributed by atoms with E-state index in [1.807, 2.05) is 0 Å². The summed E-state index contributed by atoms with van der Waals surface area (Å²) in [4.78, 5) is 0. The Balaban J connectivity index is 2.27. The van der Waals surface area contributed by atoms with Crippen LogP contribution < -0.4 is 0 Å². The van der Waals surface area contributed by atoms with E-state index in [0.29, 0.717) is 0 Å². The molecule has 108 valence electrons. The van der Waals surface area contributed by atoms with Crippen molar-refractivity contribution in [1.29, 1.82) is 0 Å². The molecule has 21 heavy (non-hydrogen) atoms. The van der Waals surface area contributed by atoms with Crippen molar-refractivity contribution in [3.05, 3.63) is 76.4 Å². The van der Waals surface area contributed by atoms with Gasteiger partial charge in [-0.15, -0.1) is 0 Å². The van der Waals surface area contributed by atoms with Gasteiger partial charge in [-0.1, -0.05) is 80.6 Å². The average molecular weight is 276 g/mol. The smallest absolute Gasteiger partial charge is 0.0224 e. The highest BCUT2D eigenvalue weighted by atomic mass is 14.0. The largest absolute Gasteiger partial charge is 0.0871 e. The van der Waals surface area contributed by atoms with Gasteiger partial charge in [0.25, 0.3) is 0 Å². The Kier molecular flexibility index (Phi) is 5.57. The van der Waals surface area contributed by atoms with Crippen LogP contribution >= 0.6 is 0 Å². The highest BCUT2D eigenvalue weighted by Crippen LogP contribution is 2.18. The van der Waals surface area contributed by atoms with E-state index in [9.17, 15) is 0 Å². The summed E-state index contributed by atoms with van der Waals surface area (Å²) in [7, 11) is 0. The number of benzene rings is 2. The molecular formula is C21H24. The van der Waals surface area contributed by atoms with Crippen LogP contribution in [0.1, 0.15) is 48.6 Å². The Bertz CT molecular complexity index is 645. The van der Waals surface area contributed by atoms with Crippen molar-refractivity contribution in [3.63, 3.8) is 0 Å². The number of hydrogen-bond acceptors (Lipinski definition) is 0. The minimum absolute atomic E-state index is 1.06. The van der Waals surface area contributed by atoms with Gasteiger partial charge in [0.15, 0.2) is 0 Å². The fraction of sp³-hybridized carbons (Fsp3) is 0.238. The number of aryl methyl sites for hydroxylation is 2. The number of rotatable bonds is 5. The third-order valence-electron chi connectivity index (χ3n) is 3.72. The highest BCUT2D eigenvalue weighted by molar-refractivity contribution is 5.72. The Morgan fingerprint density at radius 1 is 0.810 bits per heavy atom. The lowest BCUT2D eigenvalue weighted by atomic mass is 10.00. The van der Waals surface area contributed by atoms with E-state index in [0.717, 1.165) is 12.8 Å². The zero-order chi connectivity index (χ0) is 15.1. The first-order valence-electron chi connectivity index (χ1n) is 7.79. The topological polar surface area (TPSA) is 0 Å². The lowest BCUT2D eigenvalue weighted by molar-refractivity contribution is 1.13. The molecule has 0 aromatic heterocycles. The van der Waals surface area contributed by atoms with E-state index in [1.165, 1.54) is 27.8 Å². The summed E-state index contributed by atoms with van der Waals surface area (Å²) >= 11 is 0. The minimum atomic E-state index is 1.06. The molecule has 0 N–H and O–H groups in total. The Labute approximate surface area is 128 Å². The number of allylic oxidation sites excluding steroid dienone is 1. The normalized spacial score (nSPS) is 11.6. The molecule has 0 unspecified atom stereocenters. The second-order valence-corrected chi connectivity index (χ2v) is 5.24. The molecule has 2 rings (SSSR count). The Hall–Kier alpha value is -2.08. The van der Waals surface area contributed by atoms with Gasteiger partial charge in [0.2, 0.25) is 0 Å². The van der Waals surface area contributed by atoms with Crippen LogP contribution in [0.15, 0.2) is 48.5 Å². The molecule has 0 fully saturated rings. The molecule has 0 bridgehead atoms. The predicted octanol–water partition coefficient (Wildman–Crippen LogP) is 6.01. The fourth-order valence-corrected chi connectivity index (χ4v) is 2.49. The summed E-state index contributed by atoms with van der Waals surface area (Å²) in [6.45, 7) is 6.46. The van der Waals surface area contributed by atoms with Crippen molar-refractivity contribution in [3.8, 4) is 0 Å². The van der Waals surface area contributed by atoms with Crippen molar-refractivity contribution >= 4 is 18.2 Å². The maximum absolute atomic E-state index is 2.28. The second kappa shape index (κ2) is 7.64. The van der Waals surface area contributed by atoms with Crippen molar-refractivity contribution < 1.29 is 0 Å². The van der Waals surface area contributed by atoms with E-state index >= 15 is 0 Å². The van der Waals surface area contributed by atoms with E-state index < -0.39 is 0 Å². The predicted molar refractivity (Wildman–Crippen MR) is 95.3 cm³/mol. The summed E-state index contributed by atoms with van der Waals surface area (Å²) in [5.41, 5.74) is 6.64. The molecule has 0 atom stereocenters. The van der Waals surface area contributed by atoms with Crippen LogP contribution in [0.3, 0.4) is 0 Å². The van der Waals surface area contributed by atoms with Crippen molar-refractivity contribution in [1.82, 2.24) is 0 Å². The molecule has 0 radical (unpaired) electrons. The van der Waals surface area contributed by atoms with Crippen molar-refractivity contribution in [2.45, 2.75) is 33.6 Å². The maximum Gasteiger partial charge on any atom is -0.0224 e. The molecule has 0 heterocycles. The SMILES string of the molecule is C/C=C/c1ccc(/C=C/c2cccc(CC)c2)c(CC)c1. The standard InChI is InChI=1S/C21H24/c1-4-8-18-11-13-21(20(6-3)16-18)14-12-19-10-7-9-17(5-2)15-19/h4,7-16H,5-6H2,1-3H3/b8-4+,14-12+. The highest BCUT2D eigenvalue weighted by Gasteiger charge is 1.99. The summed E-state index contributed by atoms with van der Waals surface area (Å²) in [6.07, 6.45) is 10.8. The maximum atomic E-state index is 2.28. The molecule has 2 aromatic rings. The molecule has 0 saturated carbocycles. The van der Waals surface area contributed by atoms with Gasteiger partial charge < -0.3 is 0 Å². The van der Waals surface area contributed by atoms with Crippen LogP contribution in [-0.2, 0) is 12.8 Å². The van der Waals surface area contributed by atoms with Gasteiger partial charge in [-0.2, -0.15) is 0 Å². The van der Waals surface area contributed by atoms with Gasteiger partial charge in [0.1, 0.15) is 0 Å². The Morgan fingerprint density at radius 3 is 2.33 bits per heavy atom. The van der Waals surface area contributed by atoms with E-state index in [1.54, 1.807) is 0 Å². The average Bonchev–Trinajstić information content (AvgIpc) is 2.54. The van der Waals surface area contributed by atoms with E-state index in [-0.39, 0.29) is 0 Å². The summed E-state index contributed by atoms with van der Waals surface area (Å²) in [5, 5.41) is 0. The molecule has 0 heteroatoms. The first kappa shape index (κ1) is 15.3. The third kappa shape index (κ3) is 4.19. The van der Waals surface area contributed by atoms with Gasteiger partial charge in [0.05, 0.1) is 0 Å². The van der Waals surface area contributed by atoms with Crippen LogP contribution in [-0.4, -0.2) is 0 Å². The molecule has 0 aliphatic heterocycles. The second-order valence-electron chi connectivity index (χ2n) is 5.24. The van der Waals surface area contributed by atoms with Crippen LogP contribution in [0.2, 0.25) is 0 Å². The molecule has 0 nitrogen and oxygen atoms in total. The van der Waals surface area contributed by atoms with Crippen LogP contribution in [0.5, 0.6) is 0 Å². The molecule has 0 aliphatic rings. The molecule has 0 spiro atoms. The summed E-state index contributed by atoms with van der Waals surface area (Å²) in [6, 6.07) is 15.4. The third-order valence-corrected chi connectivity index (χ3v) is 3.72. The minimum Gasteiger partial charge on any atom is -0.0871 e. The zero-order valence-corrected chi connectivity index (χ0v) is 13.3. The number of hydrogen-bond donors (Lipinski definition) is 0.